The van der Waals surface area contributed by atoms with Crippen LogP contribution in [-0.2, 0) is 0 Å². The first-order chi connectivity index (χ1) is 10.8. The highest BCUT2D eigenvalue weighted by atomic mass is 32.1. The Bertz CT molecular complexity index is 767. The number of amides is 1. The van der Waals surface area contributed by atoms with E-state index in [1.807, 2.05) is 36.5 Å². The molecule has 0 bridgehead atoms. The number of carbonyl (C=O) groups excluding carboxylic acids is 1. The van der Waals surface area contributed by atoms with E-state index in [1.165, 1.54) is 11.3 Å². The smallest absolute Gasteiger partial charge is 0.270 e. The van der Waals surface area contributed by atoms with Gasteiger partial charge in [-0.2, -0.15) is 5.10 Å². The largest absolute Gasteiger partial charge is 0.395 e. The number of rotatable bonds is 5. The molecule has 3 aromatic rings. The van der Waals surface area contributed by atoms with E-state index >= 15 is 0 Å². The van der Waals surface area contributed by atoms with Crippen LogP contribution in [0.2, 0.25) is 0 Å². The highest BCUT2D eigenvalue weighted by Gasteiger charge is 2.12. The number of carbonyl (C=O) groups is 1. The molecule has 0 atom stereocenters. The van der Waals surface area contributed by atoms with Crippen molar-refractivity contribution in [2.75, 3.05) is 13.2 Å². The zero-order valence-electron chi connectivity index (χ0n) is 11.6. The lowest BCUT2D eigenvalue weighted by atomic mass is 10.3. The van der Waals surface area contributed by atoms with Gasteiger partial charge in [-0.3, -0.25) is 4.79 Å². The summed E-state index contributed by atoms with van der Waals surface area (Å²) < 4.78 is 1.77. The van der Waals surface area contributed by atoms with E-state index < -0.39 is 0 Å². The van der Waals surface area contributed by atoms with Crippen molar-refractivity contribution in [1.29, 1.82) is 0 Å². The summed E-state index contributed by atoms with van der Waals surface area (Å²) >= 11 is 1.39. The molecule has 0 aliphatic heterocycles. The van der Waals surface area contributed by atoms with Crippen molar-refractivity contribution in [3.8, 4) is 16.3 Å². The lowest BCUT2D eigenvalue weighted by Gasteiger charge is -1.99. The van der Waals surface area contributed by atoms with Gasteiger partial charge in [0.05, 0.1) is 18.5 Å². The van der Waals surface area contributed by atoms with Gasteiger partial charge in [0.25, 0.3) is 5.91 Å². The number of hydrogen-bond donors (Lipinski definition) is 2. The SMILES string of the molecule is O=C(NCCO)c1csc(-c2cnn(-c3ccccc3)c2)n1. The molecule has 0 saturated carbocycles. The predicted molar refractivity (Wildman–Crippen MR) is 84.1 cm³/mol. The molecule has 0 unspecified atom stereocenters. The van der Waals surface area contributed by atoms with Gasteiger partial charge in [-0.1, -0.05) is 18.2 Å². The van der Waals surface area contributed by atoms with Crippen molar-refractivity contribution in [2.45, 2.75) is 0 Å². The molecular formula is C15H14N4O2S. The summed E-state index contributed by atoms with van der Waals surface area (Å²) in [7, 11) is 0. The van der Waals surface area contributed by atoms with Gasteiger partial charge in [-0.25, -0.2) is 9.67 Å². The molecule has 0 fully saturated rings. The molecule has 2 aromatic heterocycles. The Kier molecular flexibility index (Phi) is 4.27. The maximum absolute atomic E-state index is 11.8. The molecular weight excluding hydrogens is 300 g/mol. The van der Waals surface area contributed by atoms with Crippen LogP contribution in [0.15, 0.2) is 48.1 Å². The molecule has 3 rings (SSSR count). The second kappa shape index (κ2) is 6.50. The summed E-state index contributed by atoms with van der Waals surface area (Å²) in [6.45, 7) is 0.129. The first-order valence-corrected chi connectivity index (χ1v) is 7.61. The topological polar surface area (TPSA) is 80.0 Å². The first kappa shape index (κ1) is 14.4. The molecule has 1 amide bonds. The number of hydrogen-bond acceptors (Lipinski definition) is 5. The van der Waals surface area contributed by atoms with Gasteiger partial charge in [0.2, 0.25) is 0 Å². The quantitative estimate of drug-likeness (QED) is 0.751. The van der Waals surface area contributed by atoms with Crippen molar-refractivity contribution in [1.82, 2.24) is 20.1 Å². The predicted octanol–water partition coefficient (Wildman–Crippen LogP) is 1.72. The van der Waals surface area contributed by atoms with Crippen LogP contribution in [-0.4, -0.2) is 38.9 Å². The summed E-state index contributed by atoms with van der Waals surface area (Å²) in [6, 6.07) is 9.78. The van der Waals surface area contributed by atoms with Crippen LogP contribution >= 0.6 is 11.3 Å². The normalized spacial score (nSPS) is 10.6. The zero-order valence-corrected chi connectivity index (χ0v) is 12.5. The lowest BCUT2D eigenvalue weighted by molar-refractivity contribution is 0.0940. The minimum absolute atomic E-state index is 0.0907. The van der Waals surface area contributed by atoms with E-state index in [1.54, 1.807) is 16.3 Å². The summed E-state index contributed by atoms with van der Waals surface area (Å²) in [5, 5.41) is 18.0. The van der Waals surface area contributed by atoms with Gasteiger partial charge in [0.15, 0.2) is 0 Å². The van der Waals surface area contributed by atoms with E-state index in [9.17, 15) is 4.79 Å². The van der Waals surface area contributed by atoms with Gasteiger partial charge in [-0.05, 0) is 12.1 Å². The number of nitrogens with zero attached hydrogens (tertiary/aromatic N) is 3. The molecule has 0 radical (unpaired) electrons. The number of para-hydroxylation sites is 1. The minimum atomic E-state index is -0.285. The molecule has 0 spiro atoms. The van der Waals surface area contributed by atoms with Crippen molar-refractivity contribution < 1.29 is 9.90 Å². The van der Waals surface area contributed by atoms with Crippen molar-refractivity contribution in [3.63, 3.8) is 0 Å². The third kappa shape index (κ3) is 3.05. The molecule has 7 heteroatoms. The van der Waals surface area contributed by atoms with Crippen LogP contribution < -0.4 is 5.32 Å². The van der Waals surface area contributed by atoms with Gasteiger partial charge >= 0.3 is 0 Å². The lowest BCUT2D eigenvalue weighted by Crippen LogP contribution is -2.26. The number of aromatic nitrogens is 3. The average Bonchev–Trinajstić information content (AvgIpc) is 3.22. The van der Waals surface area contributed by atoms with Crippen LogP contribution in [0, 0.1) is 0 Å². The van der Waals surface area contributed by atoms with Crippen molar-refractivity contribution in [3.05, 3.63) is 53.8 Å². The minimum Gasteiger partial charge on any atom is -0.395 e. The fourth-order valence-electron chi connectivity index (χ4n) is 1.93. The van der Waals surface area contributed by atoms with E-state index in [-0.39, 0.29) is 19.1 Å². The molecule has 0 aliphatic rings. The summed E-state index contributed by atoms with van der Waals surface area (Å²) in [6.07, 6.45) is 3.60. The number of aliphatic hydroxyl groups is 1. The Morgan fingerprint density at radius 2 is 2.14 bits per heavy atom. The highest BCUT2D eigenvalue weighted by molar-refractivity contribution is 7.13. The number of thiazole rings is 1. The molecule has 0 saturated heterocycles. The zero-order chi connectivity index (χ0) is 15.4. The molecule has 1 aromatic carbocycles. The van der Waals surface area contributed by atoms with Crippen LogP contribution in [0.1, 0.15) is 10.5 Å². The summed E-state index contributed by atoms with van der Waals surface area (Å²) in [5.41, 5.74) is 2.17. The molecule has 2 heterocycles. The summed E-state index contributed by atoms with van der Waals surface area (Å²) in [5.74, 6) is -0.285. The molecule has 2 N–H and O–H groups in total. The van der Waals surface area contributed by atoms with E-state index in [4.69, 9.17) is 5.11 Å². The van der Waals surface area contributed by atoms with Crippen LogP contribution in [0.5, 0.6) is 0 Å². The van der Waals surface area contributed by atoms with Crippen LogP contribution in [0.4, 0.5) is 0 Å². The standard InChI is InChI=1S/C15H14N4O2S/c20-7-6-16-14(21)13-10-22-15(18-13)11-8-17-19(9-11)12-4-2-1-3-5-12/h1-5,8-10,20H,6-7H2,(H,16,21). The first-order valence-electron chi connectivity index (χ1n) is 6.73. The maximum Gasteiger partial charge on any atom is 0.270 e. The second-order valence-corrected chi connectivity index (χ2v) is 5.38. The van der Waals surface area contributed by atoms with Crippen molar-refractivity contribution >= 4 is 17.2 Å². The van der Waals surface area contributed by atoms with Crippen molar-refractivity contribution in [2.24, 2.45) is 0 Å². The molecule has 0 aliphatic carbocycles. The number of aliphatic hydroxyl groups excluding tert-OH is 1. The second-order valence-electron chi connectivity index (χ2n) is 4.53. The Morgan fingerprint density at radius 3 is 2.91 bits per heavy atom. The summed E-state index contributed by atoms with van der Waals surface area (Å²) in [4.78, 5) is 16.1. The fraction of sp³-hybridized carbons (Fsp3) is 0.133. The van der Waals surface area contributed by atoms with Gasteiger partial charge in [0.1, 0.15) is 10.7 Å². The maximum atomic E-state index is 11.8. The van der Waals surface area contributed by atoms with Gasteiger partial charge in [-0.15, -0.1) is 11.3 Å². The Morgan fingerprint density at radius 1 is 1.32 bits per heavy atom. The molecule has 22 heavy (non-hydrogen) atoms. The monoisotopic (exact) mass is 314 g/mol. The third-order valence-electron chi connectivity index (χ3n) is 2.98. The van der Waals surface area contributed by atoms with Crippen LogP contribution in [0.3, 0.4) is 0 Å². The van der Waals surface area contributed by atoms with E-state index in [0.29, 0.717) is 5.69 Å². The Labute approximate surface area is 131 Å². The average molecular weight is 314 g/mol. The number of nitrogens with one attached hydrogen (secondary N) is 1. The van der Waals surface area contributed by atoms with Crippen LogP contribution in [0.25, 0.3) is 16.3 Å². The number of benzene rings is 1. The van der Waals surface area contributed by atoms with Gasteiger partial charge < -0.3 is 10.4 Å². The van der Waals surface area contributed by atoms with Gasteiger partial charge in [0, 0.05) is 23.7 Å². The third-order valence-corrected chi connectivity index (χ3v) is 3.88. The van der Waals surface area contributed by atoms with E-state index in [2.05, 4.69) is 15.4 Å². The van der Waals surface area contributed by atoms with E-state index in [0.717, 1.165) is 16.3 Å². The Balaban J connectivity index is 1.80. The molecule has 112 valence electrons. The fourth-order valence-corrected chi connectivity index (χ4v) is 2.70. The molecule has 6 nitrogen and oxygen atoms in total. The highest BCUT2D eigenvalue weighted by Crippen LogP contribution is 2.24. The Hall–Kier alpha value is -2.51.